The van der Waals surface area contributed by atoms with E-state index in [-0.39, 0.29) is 6.04 Å². The number of piperazine rings is 1. The number of fused-ring (bicyclic) bond motifs is 3. The average Bonchev–Trinajstić information content (AvgIpc) is 3.39. The average molecular weight is 420 g/mol. The number of aromatic nitrogens is 3. The number of anilines is 2. The number of benzene rings is 1. The van der Waals surface area contributed by atoms with Gasteiger partial charge in [0.25, 0.3) is 0 Å². The lowest BCUT2D eigenvalue weighted by atomic mass is 10.1. The first-order chi connectivity index (χ1) is 14.6. The summed E-state index contributed by atoms with van der Waals surface area (Å²) in [6, 6.07) is 7.78. The van der Waals surface area contributed by atoms with Crippen LogP contribution in [-0.4, -0.2) is 47.4 Å². The highest BCUT2D eigenvalue weighted by Crippen LogP contribution is 2.40. The summed E-state index contributed by atoms with van der Waals surface area (Å²) in [7, 11) is 0. The number of nitrogens with zero attached hydrogens (tertiary/aromatic N) is 5. The van der Waals surface area contributed by atoms with Gasteiger partial charge in [0.15, 0.2) is 10.6 Å². The molecule has 0 bridgehead atoms. The van der Waals surface area contributed by atoms with Crippen molar-refractivity contribution in [3.05, 3.63) is 30.0 Å². The fourth-order valence-corrected chi connectivity index (χ4v) is 4.58. The number of nitrogens with one attached hydrogen (secondary N) is 2. The van der Waals surface area contributed by atoms with Crippen LogP contribution >= 0.6 is 11.3 Å². The van der Waals surface area contributed by atoms with Crippen LogP contribution in [-0.2, 0) is 0 Å². The molecule has 4 aromatic rings. The minimum absolute atomic E-state index is 0.192. The monoisotopic (exact) mass is 419 g/mol. The Morgan fingerprint density at radius 1 is 1.27 bits per heavy atom. The Bertz CT molecular complexity index is 1260. The number of hydrogen-bond acceptors (Lipinski definition) is 9. The molecule has 1 saturated heterocycles. The van der Waals surface area contributed by atoms with Crippen molar-refractivity contribution in [1.29, 1.82) is 5.26 Å². The van der Waals surface area contributed by atoms with Crippen LogP contribution in [0.4, 0.5) is 10.8 Å². The zero-order chi connectivity index (χ0) is 20.7. The van der Waals surface area contributed by atoms with Crippen molar-refractivity contribution in [2.24, 2.45) is 0 Å². The molecular formula is C21H21N7OS. The summed E-state index contributed by atoms with van der Waals surface area (Å²) in [5.41, 5.74) is 4.38. The second kappa shape index (κ2) is 7.55. The Balaban J connectivity index is 1.65. The molecule has 0 aliphatic carbocycles. The molecule has 1 aliphatic rings. The summed E-state index contributed by atoms with van der Waals surface area (Å²) in [5.74, 6) is 0. The first kappa shape index (κ1) is 18.8. The van der Waals surface area contributed by atoms with E-state index < -0.39 is 0 Å². The van der Waals surface area contributed by atoms with Crippen molar-refractivity contribution in [3.8, 4) is 16.6 Å². The molecule has 0 spiro atoms. The van der Waals surface area contributed by atoms with Crippen molar-refractivity contribution in [1.82, 2.24) is 20.5 Å². The zero-order valence-corrected chi connectivity index (χ0v) is 17.6. The van der Waals surface area contributed by atoms with Gasteiger partial charge in [-0.1, -0.05) is 11.3 Å². The topological polar surface area (TPSA) is 103 Å². The lowest BCUT2D eigenvalue weighted by Gasteiger charge is -2.26. The van der Waals surface area contributed by atoms with Gasteiger partial charge in [0.2, 0.25) is 5.13 Å². The van der Waals surface area contributed by atoms with Crippen molar-refractivity contribution in [2.75, 3.05) is 36.4 Å². The quantitative estimate of drug-likeness (QED) is 0.517. The molecule has 8 nitrogen and oxygen atoms in total. The highest BCUT2D eigenvalue weighted by molar-refractivity contribution is 7.18. The smallest absolute Gasteiger partial charge is 0.208 e. The molecule has 0 amide bonds. The first-order valence-corrected chi connectivity index (χ1v) is 10.8. The predicted molar refractivity (Wildman–Crippen MR) is 119 cm³/mol. The molecule has 4 heterocycles. The Morgan fingerprint density at radius 2 is 2.10 bits per heavy atom. The third kappa shape index (κ3) is 3.24. The van der Waals surface area contributed by atoms with E-state index in [1.165, 1.54) is 0 Å². The van der Waals surface area contributed by atoms with Crippen molar-refractivity contribution in [3.63, 3.8) is 0 Å². The van der Waals surface area contributed by atoms with E-state index in [0.717, 1.165) is 58.5 Å². The van der Waals surface area contributed by atoms with Crippen LogP contribution in [0.1, 0.15) is 19.4 Å². The highest BCUT2D eigenvalue weighted by atomic mass is 32.1. The van der Waals surface area contributed by atoms with E-state index in [2.05, 4.69) is 50.6 Å². The Kier molecular flexibility index (Phi) is 4.73. The first-order valence-electron chi connectivity index (χ1n) is 9.95. The van der Waals surface area contributed by atoms with Crippen LogP contribution in [0.2, 0.25) is 0 Å². The van der Waals surface area contributed by atoms with Gasteiger partial charge in [-0.3, -0.25) is 4.98 Å². The summed E-state index contributed by atoms with van der Waals surface area (Å²) >= 11 is 1.57. The summed E-state index contributed by atoms with van der Waals surface area (Å²) in [6.07, 6.45) is 1.84. The molecule has 0 atom stereocenters. The Labute approximate surface area is 177 Å². The van der Waals surface area contributed by atoms with Crippen LogP contribution in [0.25, 0.3) is 32.6 Å². The van der Waals surface area contributed by atoms with Crippen molar-refractivity contribution < 1.29 is 4.42 Å². The second-order valence-corrected chi connectivity index (χ2v) is 8.53. The largest absolute Gasteiger partial charge is 0.452 e. The van der Waals surface area contributed by atoms with Crippen molar-refractivity contribution >= 4 is 44.2 Å². The van der Waals surface area contributed by atoms with Crippen LogP contribution in [0.3, 0.4) is 0 Å². The Morgan fingerprint density at radius 3 is 2.87 bits per heavy atom. The predicted octanol–water partition coefficient (Wildman–Crippen LogP) is 3.60. The van der Waals surface area contributed by atoms with Crippen LogP contribution < -0.4 is 15.5 Å². The van der Waals surface area contributed by atoms with Gasteiger partial charge < -0.3 is 20.0 Å². The maximum atomic E-state index is 9.21. The van der Waals surface area contributed by atoms with E-state index in [1.807, 2.05) is 12.3 Å². The lowest BCUT2D eigenvalue weighted by Crippen LogP contribution is -2.43. The number of hydrogen-bond donors (Lipinski definition) is 2. The van der Waals surface area contributed by atoms with Gasteiger partial charge >= 0.3 is 0 Å². The lowest BCUT2D eigenvalue weighted by molar-refractivity contribution is 0.587. The van der Waals surface area contributed by atoms with E-state index in [1.54, 1.807) is 23.5 Å². The van der Waals surface area contributed by atoms with Gasteiger partial charge in [-0.25, -0.2) is 0 Å². The molecule has 0 radical (unpaired) electrons. The maximum absolute atomic E-state index is 9.21. The normalized spacial score (nSPS) is 14.5. The van der Waals surface area contributed by atoms with E-state index in [9.17, 15) is 5.26 Å². The van der Waals surface area contributed by atoms with Crippen molar-refractivity contribution in [2.45, 2.75) is 19.9 Å². The van der Waals surface area contributed by atoms with Gasteiger partial charge in [-0.05, 0) is 32.0 Å². The fourth-order valence-electron chi connectivity index (χ4n) is 3.67. The highest BCUT2D eigenvalue weighted by Gasteiger charge is 2.22. The summed E-state index contributed by atoms with van der Waals surface area (Å²) < 4.78 is 6.17. The third-order valence-corrected chi connectivity index (χ3v) is 6.09. The molecule has 1 fully saturated rings. The SMILES string of the molecule is CC(C)Nc1c(-c2nnc(N3CCNCC3)s2)cnc2c1oc1cc(C#N)ccc12. The van der Waals surface area contributed by atoms with Gasteiger partial charge in [0.1, 0.15) is 11.1 Å². The van der Waals surface area contributed by atoms with Gasteiger partial charge in [-0.2, -0.15) is 5.26 Å². The van der Waals surface area contributed by atoms with E-state index in [4.69, 9.17) is 4.42 Å². The summed E-state index contributed by atoms with van der Waals surface area (Å²) in [5, 5.41) is 27.6. The minimum atomic E-state index is 0.192. The molecule has 30 heavy (non-hydrogen) atoms. The fraction of sp³-hybridized carbons (Fsp3) is 0.333. The van der Waals surface area contributed by atoms with Gasteiger partial charge in [-0.15, -0.1) is 10.2 Å². The van der Waals surface area contributed by atoms with E-state index in [0.29, 0.717) is 16.7 Å². The summed E-state index contributed by atoms with van der Waals surface area (Å²) in [6.45, 7) is 7.91. The molecule has 3 aromatic heterocycles. The maximum Gasteiger partial charge on any atom is 0.208 e. The summed E-state index contributed by atoms with van der Waals surface area (Å²) in [4.78, 5) is 6.94. The molecule has 1 aliphatic heterocycles. The number of furan rings is 1. The Hall–Kier alpha value is -3.22. The molecule has 1 aromatic carbocycles. The number of rotatable bonds is 4. The number of pyridine rings is 1. The second-order valence-electron chi connectivity index (χ2n) is 7.58. The molecular weight excluding hydrogens is 398 g/mol. The van der Waals surface area contributed by atoms with Crippen LogP contribution in [0.5, 0.6) is 0 Å². The van der Waals surface area contributed by atoms with Crippen LogP contribution in [0, 0.1) is 11.3 Å². The molecule has 152 valence electrons. The van der Waals surface area contributed by atoms with E-state index >= 15 is 0 Å². The molecule has 2 N–H and O–H groups in total. The minimum Gasteiger partial charge on any atom is -0.452 e. The number of nitriles is 1. The van der Waals surface area contributed by atoms with Gasteiger partial charge in [0.05, 0.1) is 22.9 Å². The van der Waals surface area contributed by atoms with Gasteiger partial charge in [0, 0.05) is 43.8 Å². The molecule has 0 saturated carbocycles. The zero-order valence-electron chi connectivity index (χ0n) is 16.8. The molecule has 0 unspecified atom stereocenters. The third-order valence-electron chi connectivity index (χ3n) is 5.08. The molecule has 9 heteroatoms. The standard InChI is InChI=1S/C21H21N7OS/c1-12(2)25-18-15(20-26-27-21(30-20)28-7-5-23-6-8-28)11-24-17-14-4-3-13(10-22)9-16(14)29-19(17)18/h3-4,9,11-12,23H,5-8H2,1-2H3,(H,24,25). The van der Waals surface area contributed by atoms with Crippen LogP contribution in [0.15, 0.2) is 28.8 Å². The molecule has 5 rings (SSSR count).